The summed E-state index contributed by atoms with van der Waals surface area (Å²) >= 11 is 0. The number of benzene rings is 1. The van der Waals surface area contributed by atoms with E-state index in [1.807, 2.05) is 18.9 Å². The first kappa shape index (κ1) is 17.6. The number of hydrogen-bond acceptors (Lipinski definition) is 5. The number of nitrogens with zero attached hydrogens (tertiary/aromatic N) is 4. The van der Waals surface area contributed by atoms with Gasteiger partial charge in [-0.15, -0.1) is 0 Å². The number of halogens is 1. The van der Waals surface area contributed by atoms with Crippen LogP contribution in [0.3, 0.4) is 0 Å². The summed E-state index contributed by atoms with van der Waals surface area (Å²) in [5, 5.41) is 20.8. The van der Waals surface area contributed by atoms with Crippen LogP contribution in [0.15, 0.2) is 18.2 Å². The molecule has 1 atom stereocenters. The van der Waals surface area contributed by atoms with Crippen LogP contribution in [0.4, 0.5) is 10.1 Å². The average Bonchev–Trinajstić information content (AvgIpc) is 2.95. The van der Waals surface area contributed by atoms with Crippen molar-refractivity contribution in [1.29, 1.82) is 5.26 Å². The number of amides is 1. The number of carboxylic acid groups (broad SMARTS) is 1. The van der Waals surface area contributed by atoms with E-state index in [0.717, 1.165) is 6.07 Å². The Morgan fingerprint density at radius 1 is 1.46 bits per heavy atom. The summed E-state index contributed by atoms with van der Waals surface area (Å²) in [6.45, 7) is 2.74. The average molecular weight is 357 g/mol. The van der Waals surface area contributed by atoms with Crippen LogP contribution in [-0.2, 0) is 13.1 Å². The van der Waals surface area contributed by atoms with Gasteiger partial charge in [-0.3, -0.25) is 9.69 Å². The summed E-state index contributed by atoms with van der Waals surface area (Å²) in [5.41, 5.74) is 0.323. The summed E-state index contributed by atoms with van der Waals surface area (Å²) in [6.07, 6.45) is 0. The lowest BCUT2D eigenvalue weighted by Crippen LogP contribution is -2.39. The van der Waals surface area contributed by atoms with Crippen molar-refractivity contribution in [2.45, 2.75) is 26.1 Å². The summed E-state index contributed by atoms with van der Waals surface area (Å²) in [7, 11) is 1.87. The van der Waals surface area contributed by atoms with Crippen LogP contribution in [-0.4, -0.2) is 44.5 Å². The number of rotatable bonds is 3. The van der Waals surface area contributed by atoms with Gasteiger partial charge in [-0.05, 0) is 32.2 Å². The first-order chi connectivity index (χ1) is 12.3. The molecule has 1 aromatic heterocycles. The molecule has 0 saturated carbocycles. The molecule has 2 N–H and O–H groups in total. The third-order valence-corrected chi connectivity index (χ3v) is 4.42. The minimum Gasteiger partial charge on any atom is -0.476 e. The second kappa shape index (κ2) is 6.57. The Kier molecular flexibility index (Phi) is 4.44. The van der Waals surface area contributed by atoms with E-state index in [4.69, 9.17) is 5.26 Å². The molecule has 1 aliphatic rings. The van der Waals surface area contributed by atoms with Gasteiger partial charge in [0.1, 0.15) is 11.9 Å². The molecule has 9 heteroatoms. The molecule has 0 bridgehead atoms. The van der Waals surface area contributed by atoms with Gasteiger partial charge in [0.2, 0.25) is 0 Å². The highest BCUT2D eigenvalue weighted by atomic mass is 19.1. The normalized spacial score (nSPS) is 16.6. The molecule has 1 aliphatic heterocycles. The van der Waals surface area contributed by atoms with Crippen LogP contribution in [0.5, 0.6) is 0 Å². The Balaban J connectivity index is 1.97. The number of nitriles is 1. The number of aromatic carboxylic acids is 1. The van der Waals surface area contributed by atoms with E-state index in [9.17, 15) is 19.1 Å². The Hall–Kier alpha value is -3.25. The number of carbonyl (C=O) groups excluding carboxylic acids is 1. The van der Waals surface area contributed by atoms with Crippen molar-refractivity contribution in [3.63, 3.8) is 0 Å². The molecule has 0 unspecified atom stereocenters. The van der Waals surface area contributed by atoms with Gasteiger partial charge in [0.15, 0.2) is 11.5 Å². The monoisotopic (exact) mass is 357 g/mol. The van der Waals surface area contributed by atoms with Crippen LogP contribution in [0, 0.1) is 17.1 Å². The molecule has 0 radical (unpaired) electrons. The number of anilines is 1. The summed E-state index contributed by atoms with van der Waals surface area (Å²) in [4.78, 5) is 30.1. The van der Waals surface area contributed by atoms with Gasteiger partial charge in [-0.2, -0.15) is 5.26 Å². The van der Waals surface area contributed by atoms with Crippen LogP contribution < -0.4 is 5.32 Å². The molecular weight excluding hydrogens is 341 g/mol. The quantitative estimate of drug-likeness (QED) is 0.864. The topological polar surface area (TPSA) is 111 Å². The van der Waals surface area contributed by atoms with E-state index in [1.54, 1.807) is 10.6 Å². The molecule has 2 aromatic rings. The van der Waals surface area contributed by atoms with E-state index < -0.39 is 17.7 Å². The fourth-order valence-electron chi connectivity index (χ4n) is 2.86. The van der Waals surface area contributed by atoms with Crippen molar-refractivity contribution in [3.05, 3.63) is 46.8 Å². The highest BCUT2D eigenvalue weighted by Crippen LogP contribution is 2.23. The number of hydrogen-bond donors (Lipinski definition) is 2. The van der Waals surface area contributed by atoms with E-state index in [2.05, 4.69) is 10.3 Å². The van der Waals surface area contributed by atoms with Crippen molar-refractivity contribution in [1.82, 2.24) is 14.5 Å². The third kappa shape index (κ3) is 3.02. The smallest absolute Gasteiger partial charge is 0.356 e. The zero-order chi connectivity index (χ0) is 19.0. The Morgan fingerprint density at radius 2 is 2.19 bits per heavy atom. The fraction of sp³-hybridized carbons (Fsp3) is 0.294. The maximum atomic E-state index is 13.4. The predicted octanol–water partition coefficient (Wildman–Crippen LogP) is 1.68. The molecule has 1 aromatic carbocycles. The number of carboxylic acids is 1. The second-order valence-electron chi connectivity index (χ2n) is 6.17. The fourth-order valence-corrected chi connectivity index (χ4v) is 2.86. The van der Waals surface area contributed by atoms with Crippen molar-refractivity contribution in [2.75, 3.05) is 12.4 Å². The largest absolute Gasteiger partial charge is 0.476 e. The van der Waals surface area contributed by atoms with Crippen molar-refractivity contribution in [2.24, 2.45) is 0 Å². The molecule has 0 aliphatic carbocycles. The second-order valence-corrected chi connectivity index (χ2v) is 6.17. The molecule has 0 saturated heterocycles. The van der Waals surface area contributed by atoms with Crippen LogP contribution in [0.1, 0.15) is 39.3 Å². The lowest BCUT2D eigenvalue weighted by Gasteiger charge is -2.31. The molecule has 0 spiro atoms. The summed E-state index contributed by atoms with van der Waals surface area (Å²) in [5.74, 6) is -2.54. The zero-order valence-corrected chi connectivity index (χ0v) is 14.2. The highest BCUT2D eigenvalue weighted by molar-refractivity contribution is 6.03. The van der Waals surface area contributed by atoms with Gasteiger partial charge in [0.05, 0.1) is 11.3 Å². The van der Waals surface area contributed by atoms with Gasteiger partial charge in [-0.1, -0.05) is 0 Å². The van der Waals surface area contributed by atoms with E-state index >= 15 is 0 Å². The third-order valence-electron chi connectivity index (χ3n) is 4.42. The van der Waals surface area contributed by atoms with Crippen LogP contribution in [0.2, 0.25) is 0 Å². The molecule has 26 heavy (non-hydrogen) atoms. The minimum absolute atomic E-state index is 0.0276. The Bertz CT molecular complexity index is 947. The molecule has 3 rings (SSSR count). The molecule has 8 nitrogen and oxygen atoms in total. The van der Waals surface area contributed by atoms with E-state index in [1.165, 1.54) is 12.1 Å². The number of nitrogens with one attached hydrogen (secondary N) is 1. The minimum atomic E-state index is -1.20. The maximum Gasteiger partial charge on any atom is 0.356 e. The van der Waals surface area contributed by atoms with Crippen molar-refractivity contribution >= 4 is 17.6 Å². The number of aromatic nitrogens is 2. The summed E-state index contributed by atoms with van der Waals surface area (Å²) < 4.78 is 15.0. The Morgan fingerprint density at radius 3 is 2.85 bits per heavy atom. The van der Waals surface area contributed by atoms with Gasteiger partial charge in [0.25, 0.3) is 5.91 Å². The van der Waals surface area contributed by atoms with Crippen molar-refractivity contribution in [3.8, 4) is 6.07 Å². The van der Waals surface area contributed by atoms with Crippen LogP contribution >= 0.6 is 0 Å². The highest BCUT2D eigenvalue weighted by Gasteiger charge is 2.31. The molecule has 1 amide bonds. The number of likely N-dealkylation sites (N-methyl/N-ethyl adjacent to an activating group) is 1. The standard InChI is InChI=1S/C17H16FN5O3/c1-9-7-23-13(8-22(9)2)14(17(25)26)21-15(23)16(24)20-11-3-4-12(18)10(5-11)6-19/h3-5,9H,7-8H2,1-2H3,(H,20,24)(H,25,26)/t9-/m0/s1. The van der Waals surface area contributed by atoms with Crippen molar-refractivity contribution < 1.29 is 19.1 Å². The van der Waals surface area contributed by atoms with Gasteiger partial charge in [-0.25, -0.2) is 14.2 Å². The van der Waals surface area contributed by atoms with Gasteiger partial charge >= 0.3 is 5.97 Å². The SMILES string of the molecule is C[C@H]1Cn2c(C(=O)Nc3ccc(F)c(C#N)c3)nc(C(=O)O)c2CN1C. The summed E-state index contributed by atoms with van der Waals surface area (Å²) in [6, 6.07) is 5.41. The first-order valence-corrected chi connectivity index (χ1v) is 7.85. The zero-order valence-electron chi connectivity index (χ0n) is 14.2. The van der Waals surface area contributed by atoms with Gasteiger partial charge < -0.3 is 15.0 Å². The number of imidazole rings is 1. The lowest BCUT2D eigenvalue weighted by atomic mass is 10.2. The Labute approximate surface area is 148 Å². The van der Waals surface area contributed by atoms with E-state index in [0.29, 0.717) is 18.8 Å². The molecule has 2 heterocycles. The molecule has 134 valence electrons. The van der Waals surface area contributed by atoms with Gasteiger partial charge in [0, 0.05) is 24.8 Å². The maximum absolute atomic E-state index is 13.4. The molecular formula is C17H16FN5O3. The molecule has 0 fully saturated rings. The van der Waals surface area contributed by atoms with E-state index in [-0.39, 0.29) is 28.8 Å². The lowest BCUT2D eigenvalue weighted by molar-refractivity contribution is 0.0686. The first-order valence-electron chi connectivity index (χ1n) is 7.85. The number of carbonyl (C=O) groups is 2. The van der Waals surface area contributed by atoms with Crippen LogP contribution in [0.25, 0.3) is 0 Å². The predicted molar refractivity (Wildman–Crippen MR) is 89.2 cm³/mol. The number of fused-ring (bicyclic) bond motifs is 1.